The first-order valence-corrected chi connectivity index (χ1v) is 11.5. The summed E-state index contributed by atoms with van der Waals surface area (Å²) in [7, 11) is 1.10. The normalized spacial score (nSPS) is 12.9. The Kier molecular flexibility index (Phi) is 6.88. The molecule has 1 unspecified atom stereocenters. The van der Waals surface area contributed by atoms with Gasteiger partial charge in [-0.05, 0) is 30.3 Å². The van der Waals surface area contributed by atoms with Crippen LogP contribution in [0.5, 0.6) is 0 Å². The van der Waals surface area contributed by atoms with Crippen LogP contribution in [0.1, 0.15) is 22.7 Å². The van der Waals surface area contributed by atoms with Gasteiger partial charge in [-0.15, -0.1) is 0 Å². The number of ether oxygens (including phenoxy) is 1. The number of alkyl halides is 6. The van der Waals surface area contributed by atoms with E-state index in [9.17, 15) is 35.5 Å². The Morgan fingerprint density at radius 3 is 2.17 bits per heavy atom. The molecule has 0 aliphatic carbocycles. The predicted molar refractivity (Wildman–Crippen MR) is 127 cm³/mol. The van der Waals surface area contributed by atoms with Gasteiger partial charge in [0.2, 0.25) is 0 Å². The van der Waals surface area contributed by atoms with E-state index < -0.39 is 52.7 Å². The minimum atomic E-state index is -5.13. The Bertz CT molecular complexity index is 1700. The van der Waals surface area contributed by atoms with Crippen LogP contribution in [0.25, 0.3) is 34.2 Å². The lowest BCUT2D eigenvalue weighted by Gasteiger charge is -2.18. The summed E-state index contributed by atoms with van der Waals surface area (Å²) in [5.41, 5.74) is -3.04. The quantitative estimate of drug-likeness (QED) is 0.192. The molecule has 41 heavy (non-hydrogen) atoms. The zero-order chi connectivity index (χ0) is 29.5. The molecule has 2 aliphatic heterocycles. The number of halogens is 7. The van der Waals surface area contributed by atoms with Crippen molar-refractivity contribution in [2.45, 2.75) is 18.4 Å². The van der Waals surface area contributed by atoms with E-state index in [-0.39, 0.29) is 34.4 Å². The summed E-state index contributed by atoms with van der Waals surface area (Å²) in [6.07, 6.45) is -5.46. The molecule has 2 aromatic carbocycles. The fourth-order valence-corrected chi connectivity index (χ4v) is 4.02. The number of nitrogens with zero attached hydrogens (tertiary/aromatic N) is 6. The van der Waals surface area contributed by atoms with Crippen molar-refractivity contribution in [2.24, 2.45) is 0 Å². The van der Waals surface area contributed by atoms with Gasteiger partial charge in [-0.3, -0.25) is 4.68 Å². The summed E-state index contributed by atoms with van der Waals surface area (Å²) < 4.78 is 100. The summed E-state index contributed by atoms with van der Waals surface area (Å²) in [6.45, 7) is 0. The maximum Gasteiger partial charge on any atom is 0.417 e. The van der Waals surface area contributed by atoms with E-state index in [1.54, 1.807) is 6.07 Å². The van der Waals surface area contributed by atoms with Crippen LogP contribution in [0, 0.1) is 5.82 Å². The molecule has 0 radical (unpaired) electrons. The van der Waals surface area contributed by atoms with Crippen LogP contribution >= 0.6 is 0 Å². The predicted octanol–water partition coefficient (Wildman–Crippen LogP) is 5.84. The van der Waals surface area contributed by atoms with Crippen molar-refractivity contribution in [2.75, 3.05) is 7.11 Å². The van der Waals surface area contributed by atoms with Gasteiger partial charge in [0.1, 0.15) is 17.2 Å². The highest BCUT2D eigenvalue weighted by Crippen LogP contribution is 2.40. The lowest BCUT2D eigenvalue weighted by Crippen LogP contribution is -2.24. The molecule has 0 saturated carbocycles. The van der Waals surface area contributed by atoms with Crippen molar-refractivity contribution in [3.63, 3.8) is 0 Å². The molecule has 3 aromatic rings. The van der Waals surface area contributed by atoms with E-state index in [1.165, 1.54) is 30.6 Å². The Morgan fingerprint density at radius 2 is 1.54 bits per heavy atom. The first-order valence-electron chi connectivity index (χ1n) is 11.5. The SMILES string of the molecule is COC(=O)C(c1cnc(-c2ccc(C(F)(F)F)cc2C(F)(F)F)nc1)n1cc2nc(-c3ccccc3F)nc-2cn1. The molecule has 210 valence electrons. The van der Waals surface area contributed by atoms with Crippen molar-refractivity contribution in [1.29, 1.82) is 0 Å². The van der Waals surface area contributed by atoms with E-state index in [4.69, 9.17) is 4.74 Å². The number of rotatable bonds is 5. The number of aromatic nitrogens is 6. The van der Waals surface area contributed by atoms with Crippen molar-refractivity contribution < 1.29 is 40.3 Å². The number of benzene rings is 2. The number of methoxy groups -OCH3 is 1. The van der Waals surface area contributed by atoms with Crippen molar-refractivity contribution in [3.8, 4) is 34.2 Å². The van der Waals surface area contributed by atoms with Gasteiger partial charge in [0.25, 0.3) is 0 Å². The zero-order valence-electron chi connectivity index (χ0n) is 20.6. The van der Waals surface area contributed by atoms with E-state index in [0.717, 1.165) is 24.2 Å². The minimum Gasteiger partial charge on any atom is -0.467 e. The summed E-state index contributed by atoms with van der Waals surface area (Å²) in [4.78, 5) is 29.0. The molecule has 3 heterocycles. The molecule has 0 fully saturated rings. The molecular formula is C26H15F7N6O2. The van der Waals surface area contributed by atoms with E-state index >= 15 is 0 Å². The lowest BCUT2D eigenvalue weighted by atomic mass is 10.0. The number of esters is 1. The van der Waals surface area contributed by atoms with Gasteiger partial charge < -0.3 is 4.74 Å². The van der Waals surface area contributed by atoms with Gasteiger partial charge in [-0.25, -0.2) is 29.1 Å². The summed E-state index contributed by atoms with van der Waals surface area (Å²) in [6, 6.07) is 5.62. The third-order valence-corrected chi connectivity index (χ3v) is 5.97. The van der Waals surface area contributed by atoms with Crippen LogP contribution in [0.3, 0.4) is 0 Å². The van der Waals surface area contributed by atoms with Crippen LogP contribution < -0.4 is 0 Å². The molecule has 5 rings (SSSR count). The van der Waals surface area contributed by atoms with Gasteiger partial charge in [0.15, 0.2) is 17.7 Å². The van der Waals surface area contributed by atoms with E-state index in [1.807, 2.05) is 0 Å². The second-order valence-corrected chi connectivity index (χ2v) is 8.57. The smallest absolute Gasteiger partial charge is 0.417 e. The number of hydrogen-bond acceptors (Lipinski definition) is 7. The molecule has 1 atom stereocenters. The van der Waals surface area contributed by atoms with Gasteiger partial charge >= 0.3 is 18.3 Å². The van der Waals surface area contributed by atoms with E-state index in [0.29, 0.717) is 12.1 Å². The molecule has 0 N–H and O–H groups in total. The standard InChI is InChI=1S/C26H15F7N6O2/c1-41-24(40)21(39-12-20-19(11-36-39)37-23(38-20)16-4-2-3-5-18(16)27)13-9-34-22(35-10-13)15-7-6-14(25(28,29)30)8-17(15)26(31,32)33/h2-12,21H,1H3. The Morgan fingerprint density at radius 1 is 0.854 bits per heavy atom. The molecule has 1 aromatic heterocycles. The third-order valence-electron chi connectivity index (χ3n) is 5.97. The first kappa shape index (κ1) is 27.6. The topological polar surface area (TPSA) is 95.7 Å². The molecule has 15 heteroatoms. The van der Waals surface area contributed by atoms with Crippen molar-refractivity contribution >= 4 is 5.97 Å². The highest BCUT2D eigenvalue weighted by molar-refractivity contribution is 5.78. The molecule has 0 bridgehead atoms. The first-order chi connectivity index (χ1) is 19.4. The fourth-order valence-electron chi connectivity index (χ4n) is 4.02. The van der Waals surface area contributed by atoms with Gasteiger partial charge in [0.05, 0.1) is 36.2 Å². The Balaban J connectivity index is 1.53. The molecule has 0 amide bonds. The number of fused-ring (bicyclic) bond motifs is 1. The maximum atomic E-state index is 14.2. The van der Waals surface area contributed by atoms with Crippen LogP contribution in [0.4, 0.5) is 30.7 Å². The molecule has 0 saturated heterocycles. The van der Waals surface area contributed by atoms with Gasteiger partial charge in [-0.2, -0.15) is 31.4 Å². The number of carbonyl (C=O) groups is 1. The average Bonchev–Trinajstić information content (AvgIpc) is 3.36. The molecule has 0 spiro atoms. The number of imidazole rings is 1. The lowest BCUT2D eigenvalue weighted by molar-refractivity contribution is -0.144. The Labute approximate surface area is 225 Å². The number of hydrogen-bond donors (Lipinski definition) is 0. The molecule has 2 aliphatic rings. The Hall–Kier alpha value is -4.95. The van der Waals surface area contributed by atoms with E-state index in [2.05, 4.69) is 25.0 Å². The molecule has 8 nitrogen and oxygen atoms in total. The minimum absolute atomic E-state index is 0.0185. The third kappa shape index (κ3) is 5.42. The average molecular weight is 576 g/mol. The van der Waals surface area contributed by atoms with Crippen LogP contribution in [-0.2, 0) is 21.9 Å². The summed E-state index contributed by atoms with van der Waals surface area (Å²) in [5, 5.41) is 4.15. The van der Waals surface area contributed by atoms with Gasteiger partial charge in [0, 0.05) is 23.5 Å². The second-order valence-electron chi connectivity index (χ2n) is 8.57. The second kappa shape index (κ2) is 10.2. The summed E-state index contributed by atoms with van der Waals surface area (Å²) >= 11 is 0. The fraction of sp³-hybridized carbons (Fsp3) is 0.154. The highest BCUT2D eigenvalue weighted by atomic mass is 19.4. The van der Waals surface area contributed by atoms with Crippen molar-refractivity contribution in [1.82, 2.24) is 29.7 Å². The summed E-state index contributed by atoms with van der Waals surface area (Å²) in [5.74, 6) is -1.84. The maximum absolute atomic E-state index is 14.2. The van der Waals surface area contributed by atoms with Crippen LogP contribution in [-0.4, -0.2) is 42.8 Å². The van der Waals surface area contributed by atoms with Crippen molar-refractivity contribution in [3.05, 3.63) is 89.8 Å². The molecular weight excluding hydrogens is 561 g/mol. The number of carbonyl (C=O) groups excluding carboxylic acids is 1. The van der Waals surface area contributed by atoms with Crippen LogP contribution in [0.15, 0.2) is 67.3 Å². The largest absolute Gasteiger partial charge is 0.467 e. The zero-order valence-corrected chi connectivity index (χ0v) is 20.6. The highest BCUT2D eigenvalue weighted by Gasteiger charge is 2.39. The van der Waals surface area contributed by atoms with Crippen LogP contribution in [0.2, 0.25) is 0 Å². The van der Waals surface area contributed by atoms with Gasteiger partial charge in [-0.1, -0.05) is 12.1 Å². The monoisotopic (exact) mass is 576 g/mol.